The Bertz CT molecular complexity index is 433. The van der Waals surface area contributed by atoms with Crippen LogP contribution in [0, 0.1) is 5.92 Å². The third-order valence-electron chi connectivity index (χ3n) is 4.50. The molecule has 1 unspecified atom stereocenters. The second-order valence-electron chi connectivity index (χ2n) is 6.13. The van der Waals surface area contributed by atoms with Gasteiger partial charge in [-0.15, -0.1) is 0 Å². The lowest BCUT2D eigenvalue weighted by Gasteiger charge is -2.26. The summed E-state index contributed by atoms with van der Waals surface area (Å²) in [6, 6.07) is 6.72. The molecule has 21 heavy (non-hydrogen) atoms. The van der Waals surface area contributed by atoms with Gasteiger partial charge in [0.25, 0.3) is 0 Å². The summed E-state index contributed by atoms with van der Waals surface area (Å²) in [5, 5.41) is 3.47. The molecule has 0 aliphatic carbocycles. The fourth-order valence-corrected chi connectivity index (χ4v) is 3.69. The van der Waals surface area contributed by atoms with Gasteiger partial charge in [0.2, 0.25) is 0 Å². The Morgan fingerprint density at radius 2 is 2.10 bits per heavy atom. The van der Waals surface area contributed by atoms with Crippen LogP contribution in [-0.2, 0) is 6.54 Å². The van der Waals surface area contributed by atoms with Gasteiger partial charge < -0.3 is 10.2 Å². The fraction of sp³-hybridized carbons (Fsp3) is 0.667. The molecule has 1 aromatic carbocycles. The molecule has 2 nitrogen and oxygen atoms in total. The van der Waals surface area contributed by atoms with Gasteiger partial charge in [-0.05, 0) is 49.4 Å². The summed E-state index contributed by atoms with van der Waals surface area (Å²) >= 11 is 3.64. The molecule has 1 aliphatic rings. The topological polar surface area (TPSA) is 15.3 Å². The maximum Gasteiger partial charge on any atom is 0.0423 e. The smallest absolute Gasteiger partial charge is 0.0423 e. The molecule has 1 saturated heterocycles. The van der Waals surface area contributed by atoms with Gasteiger partial charge in [0.15, 0.2) is 0 Å². The van der Waals surface area contributed by atoms with Gasteiger partial charge in [0, 0.05) is 29.8 Å². The van der Waals surface area contributed by atoms with Crippen molar-refractivity contribution in [2.75, 3.05) is 24.5 Å². The molecule has 0 aromatic heterocycles. The molecule has 1 heterocycles. The summed E-state index contributed by atoms with van der Waals surface area (Å²) in [5.74, 6) is 0.935. The second-order valence-corrected chi connectivity index (χ2v) is 7.04. The lowest BCUT2D eigenvalue weighted by Crippen LogP contribution is -2.26. The van der Waals surface area contributed by atoms with Crippen molar-refractivity contribution in [3.05, 3.63) is 28.2 Å². The number of hydrogen-bond acceptors (Lipinski definition) is 2. The summed E-state index contributed by atoms with van der Waals surface area (Å²) in [4.78, 5) is 2.60. The maximum absolute atomic E-state index is 3.64. The van der Waals surface area contributed by atoms with Crippen LogP contribution in [-0.4, -0.2) is 19.6 Å². The first-order valence-electron chi connectivity index (χ1n) is 8.48. The van der Waals surface area contributed by atoms with Gasteiger partial charge in [0.05, 0.1) is 0 Å². The van der Waals surface area contributed by atoms with E-state index in [9.17, 15) is 0 Å². The first-order chi connectivity index (χ1) is 10.2. The van der Waals surface area contributed by atoms with E-state index in [4.69, 9.17) is 0 Å². The Morgan fingerprint density at radius 1 is 1.24 bits per heavy atom. The minimum atomic E-state index is 0.935. The van der Waals surface area contributed by atoms with E-state index in [1.807, 2.05) is 0 Å². The molecule has 3 heteroatoms. The zero-order valence-corrected chi connectivity index (χ0v) is 15.1. The molecule has 1 atom stereocenters. The minimum absolute atomic E-state index is 0.935. The molecule has 0 bridgehead atoms. The van der Waals surface area contributed by atoms with Crippen molar-refractivity contribution in [1.82, 2.24) is 5.32 Å². The monoisotopic (exact) mass is 352 g/mol. The lowest BCUT2D eigenvalue weighted by molar-refractivity contribution is 0.435. The van der Waals surface area contributed by atoms with Crippen molar-refractivity contribution in [1.29, 1.82) is 0 Å². The highest BCUT2D eigenvalue weighted by Crippen LogP contribution is 2.30. The van der Waals surface area contributed by atoms with Crippen LogP contribution < -0.4 is 10.2 Å². The van der Waals surface area contributed by atoms with Crippen LogP contribution in [0.4, 0.5) is 5.69 Å². The average molecular weight is 353 g/mol. The van der Waals surface area contributed by atoms with Crippen molar-refractivity contribution in [3.8, 4) is 0 Å². The van der Waals surface area contributed by atoms with Crippen LogP contribution >= 0.6 is 15.9 Å². The van der Waals surface area contributed by atoms with Crippen molar-refractivity contribution < 1.29 is 0 Å². The van der Waals surface area contributed by atoms with Gasteiger partial charge in [-0.1, -0.05) is 48.7 Å². The zero-order valence-electron chi connectivity index (χ0n) is 13.5. The van der Waals surface area contributed by atoms with Gasteiger partial charge in [-0.2, -0.15) is 0 Å². The van der Waals surface area contributed by atoms with Gasteiger partial charge in [0.1, 0.15) is 0 Å². The highest BCUT2D eigenvalue weighted by molar-refractivity contribution is 9.10. The summed E-state index contributed by atoms with van der Waals surface area (Å²) in [5.41, 5.74) is 2.84. The van der Waals surface area contributed by atoms with Crippen molar-refractivity contribution in [2.45, 2.75) is 52.5 Å². The molecule has 0 spiro atoms. The highest BCUT2D eigenvalue weighted by Gasteiger charge is 2.18. The number of benzene rings is 1. The Morgan fingerprint density at radius 3 is 2.86 bits per heavy atom. The van der Waals surface area contributed by atoms with Crippen molar-refractivity contribution in [2.24, 2.45) is 5.92 Å². The third-order valence-corrected chi connectivity index (χ3v) is 4.99. The number of anilines is 1. The van der Waals surface area contributed by atoms with Crippen molar-refractivity contribution >= 4 is 21.6 Å². The van der Waals surface area contributed by atoms with Crippen molar-refractivity contribution in [3.63, 3.8) is 0 Å². The number of halogens is 1. The molecule has 0 amide bonds. The highest BCUT2D eigenvalue weighted by atomic mass is 79.9. The zero-order chi connectivity index (χ0) is 15.1. The molecule has 0 radical (unpaired) electrons. The third kappa shape index (κ3) is 5.00. The lowest BCUT2D eigenvalue weighted by atomic mass is 9.96. The van der Waals surface area contributed by atoms with Crippen LogP contribution in [0.5, 0.6) is 0 Å². The molecular formula is C18H29BrN2. The van der Waals surface area contributed by atoms with Gasteiger partial charge in [-0.3, -0.25) is 0 Å². The van der Waals surface area contributed by atoms with E-state index >= 15 is 0 Å². The molecule has 118 valence electrons. The second kappa shape index (κ2) is 8.79. The van der Waals surface area contributed by atoms with Crippen LogP contribution in [0.3, 0.4) is 0 Å². The van der Waals surface area contributed by atoms with E-state index in [0.29, 0.717) is 0 Å². The largest absolute Gasteiger partial charge is 0.371 e. The van der Waals surface area contributed by atoms with E-state index in [1.54, 1.807) is 0 Å². The quantitative estimate of drug-likeness (QED) is 0.777. The molecule has 1 aromatic rings. The first kappa shape index (κ1) is 16.8. The molecule has 2 rings (SSSR count). The van der Waals surface area contributed by atoms with Crippen LogP contribution in [0.2, 0.25) is 0 Å². The number of nitrogens with zero attached hydrogens (tertiary/aromatic N) is 1. The standard InChI is InChI=1S/C18H29BrN2/c1-3-6-15-7-5-11-21(12-10-15)18-13-17(19)9-8-16(18)14-20-4-2/h8-9,13,15,20H,3-7,10-12,14H2,1-2H3. The summed E-state index contributed by atoms with van der Waals surface area (Å²) in [6.45, 7) is 8.88. The average Bonchev–Trinajstić information content (AvgIpc) is 2.72. The van der Waals surface area contributed by atoms with Gasteiger partial charge in [-0.25, -0.2) is 0 Å². The Labute approximate surface area is 138 Å². The first-order valence-corrected chi connectivity index (χ1v) is 9.28. The van der Waals surface area contributed by atoms with Gasteiger partial charge >= 0.3 is 0 Å². The molecule has 1 N–H and O–H groups in total. The van der Waals surface area contributed by atoms with E-state index in [1.165, 1.54) is 60.9 Å². The van der Waals surface area contributed by atoms with E-state index in [2.05, 4.69) is 58.2 Å². The normalized spacial score (nSPS) is 19.6. The molecule has 1 aliphatic heterocycles. The summed E-state index contributed by atoms with van der Waals surface area (Å²) in [7, 11) is 0. The van der Waals surface area contributed by atoms with Crippen LogP contribution in [0.15, 0.2) is 22.7 Å². The Kier molecular flexibility index (Phi) is 7.05. The van der Waals surface area contributed by atoms with Crippen LogP contribution in [0.25, 0.3) is 0 Å². The molecule has 0 saturated carbocycles. The molecular weight excluding hydrogens is 324 g/mol. The number of hydrogen-bond donors (Lipinski definition) is 1. The van der Waals surface area contributed by atoms with E-state index < -0.39 is 0 Å². The van der Waals surface area contributed by atoms with E-state index in [0.717, 1.165) is 19.0 Å². The van der Waals surface area contributed by atoms with Crippen LogP contribution in [0.1, 0.15) is 51.5 Å². The Balaban J connectivity index is 2.10. The maximum atomic E-state index is 3.64. The van der Waals surface area contributed by atoms with E-state index in [-0.39, 0.29) is 0 Å². The SMILES string of the molecule is CCCC1CCCN(c2cc(Br)ccc2CNCC)CC1. The fourth-order valence-electron chi connectivity index (χ4n) is 3.34. The predicted octanol–water partition coefficient (Wildman–Crippen LogP) is 4.97. The molecule has 1 fully saturated rings. The summed E-state index contributed by atoms with van der Waals surface area (Å²) in [6.07, 6.45) is 6.81. The summed E-state index contributed by atoms with van der Waals surface area (Å²) < 4.78 is 1.19. The number of rotatable bonds is 6. The predicted molar refractivity (Wildman–Crippen MR) is 96.0 cm³/mol. The minimum Gasteiger partial charge on any atom is -0.371 e. The Hall–Kier alpha value is -0.540. The number of nitrogens with one attached hydrogen (secondary N) is 1.